The summed E-state index contributed by atoms with van der Waals surface area (Å²) in [7, 11) is 0. The molecule has 0 fully saturated rings. The number of aryl methyl sites for hydroxylation is 1. The third-order valence-corrected chi connectivity index (χ3v) is 3.61. The van der Waals surface area contributed by atoms with Gasteiger partial charge in [0.25, 0.3) is 0 Å². The second-order valence-corrected chi connectivity index (χ2v) is 4.87. The van der Waals surface area contributed by atoms with E-state index in [1.807, 2.05) is 0 Å². The van der Waals surface area contributed by atoms with E-state index in [0.717, 1.165) is 6.42 Å². The number of benzene rings is 2. The Morgan fingerprint density at radius 3 is 2.29 bits per heavy atom. The van der Waals surface area contributed by atoms with Crippen molar-refractivity contribution in [2.45, 2.75) is 33.1 Å². The molecule has 0 aliphatic carbocycles. The van der Waals surface area contributed by atoms with Gasteiger partial charge in [-0.3, -0.25) is 0 Å². The highest BCUT2D eigenvalue weighted by Gasteiger charge is 2.08. The number of hydrogen-bond acceptors (Lipinski definition) is 0. The van der Waals surface area contributed by atoms with Gasteiger partial charge >= 0.3 is 0 Å². The van der Waals surface area contributed by atoms with Gasteiger partial charge in [0, 0.05) is 0 Å². The van der Waals surface area contributed by atoms with Crippen molar-refractivity contribution in [1.82, 2.24) is 0 Å². The second-order valence-electron chi connectivity index (χ2n) is 4.87. The summed E-state index contributed by atoms with van der Waals surface area (Å²) in [5, 5.41) is 0. The fourth-order valence-corrected chi connectivity index (χ4v) is 2.26. The van der Waals surface area contributed by atoms with Crippen LogP contribution < -0.4 is 0 Å². The Balaban J connectivity index is 2.19. The summed E-state index contributed by atoms with van der Waals surface area (Å²) in [6.07, 6.45) is 1.12. The summed E-state index contributed by atoms with van der Waals surface area (Å²) in [5.41, 5.74) is 5.73. The lowest BCUT2D eigenvalue weighted by Gasteiger charge is -2.14. The van der Waals surface area contributed by atoms with Crippen molar-refractivity contribution in [2.75, 3.05) is 0 Å². The van der Waals surface area contributed by atoms with Crippen LogP contribution in [0.4, 0.5) is 0 Å². The molecular formula is C17H20. The molecule has 1 unspecified atom stereocenters. The molecule has 0 aliphatic heterocycles. The zero-order valence-corrected chi connectivity index (χ0v) is 10.9. The lowest BCUT2D eigenvalue weighted by Crippen LogP contribution is -2.00. The highest BCUT2D eigenvalue weighted by atomic mass is 14.1. The van der Waals surface area contributed by atoms with Gasteiger partial charge in [-0.1, -0.05) is 55.5 Å². The van der Waals surface area contributed by atoms with E-state index in [-0.39, 0.29) is 0 Å². The van der Waals surface area contributed by atoms with Crippen LogP contribution in [-0.2, 0) is 6.42 Å². The Hall–Kier alpha value is -1.56. The first-order valence-electron chi connectivity index (χ1n) is 6.28. The molecule has 0 spiro atoms. The first-order chi connectivity index (χ1) is 8.18. The van der Waals surface area contributed by atoms with E-state index in [1.54, 1.807) is 0 Å². The van der Waals surface area contributed by atoms with E-state index < -0.39 is 0 Å². The SMILES string of the molecule is Cc1cccc(CC(C)c2ccccc2)c1C. The Labute approximate surface area is 104 Å². The molecule has 0 aliphatic rings. The normalized spacial score (nSPS) is 12.4. The number of hydrogen-bond donors (Lipinski definition) is 0. The third kappa shape index (κ3) is 2.76. The molecule has 17 heavy (non-hydrogen) atoms. The fraction of sp³-hybridized carbons (Fsp3) is 0.294. The molecule has 2 aromatic carbocycles. The Morgan fingerprint density at radius 1 is 0.882 bits per heavy atom. The molecule has 0 saturated heterocycles. The second kappa shape index (κ2) is 5.18. The molecule has 0 N–H and O–H groups in total. The summed E-state index contributed by atoms with van der Waals surface area (Å²) < 4.78 is 0. The Morgan fingerprint density at radius 2 is 1.59 bits per heavy atom. The van der Waals surface area contributed by atoms with Crippen LogP contribution in [0.25, 0.3) is 0 Å². The van der Waals surface area contributed by atoms with Crippen LogP contribution in [0, 0.1) is 13.8 Å². The predicted octanol–water partition coefficient (Wildman–Crippen LogP) is 4.65. The molecule has 0 heterocycles. The van der Waals surface area contributed by atoms with Crippen molar-refractivity contribution in [3.05, 3.63) is 70.8 Å². The van der Waals surface area contributed by atoms with Gasteiger partial charge in [-0.05, 0) is 48.4 Å². The molecule has 0 heteroatoms. The fourth-order valence-electron chi connectivity index (χ4n) is 2.26. The lowest BCUT2D eigenvalue weighted by atomic mass is 9.90. The van der Waals surface area contributed by atoms with Gasteiger partial charge in [-0.15, -0.1) is 0 Å². The minimum Gasteiger partial charge on any atom is -0.0622 e. The molecule has 2 aromatic rings. The molecule has 88 valence electrons. The summed E-state index contributed by atoms with van der Waals surface area (Å²) in [6, 6.07) is 17.4. The first-order valence-corrected chi connectivity index (χ1v) is 6.28. The quantitative estimate of drug-likeness (QED) is 0.712. The van der Waals surface area contributed by atoms with Gasteiger partial charge in [0.1, 0.15) is 0 Å². The Bertz CT molecular complexity index is 483. The summed E-state index contributed by atoms with van der Waals surface area (Å²) >= 11 is 0. The van der Waals surface area contributed by atoms with E-state index >= 15 is 0 Å². The van der Waals surface area contributed by atoms with Crippen LogP contribution in [0.5, 0.6) is 0 Å². The predicted molar refractivity (Wildman–Crippen MR) is 74.5 cm³/mol. The molecule has 1 atom stereocenters. The minimum atomic E-state index is 0.580. The maximum absolute atomic E-state index is 2.30. The monoisotopic (exact) mass is 224 g/mol. The zero-order chi connectivity index (χ0) is 12.3. The van der Waals surface area contributed by atoms with Crippen LogP contribution in [0.15, 0.2) is 48.5 Å². The average Bonchev–Trinajstić information content (AvgIpc) is 2.36. The molecule has 0 nitrogen and oxygen atoms in total. The third-order valence-electron chi connectivity index (χ3n) is 3.61. The van der Waals surface area contributed by atoms with Crippen LogP contribution in [0.1, 0.15) is 35.1 Å². The van der Waals surface area contributed by atoms with Gasteiger partial charge in [-0.2, -0.15) is 0 Å². The maximum Gasteiger partial charge on any atom is -0.0150 e. The zero-order valence-electron chi connectivity index (χ0n) is 10.9. The maximum atomic E-state index is 2.30. The molecule has 0 aromatic heterocycles. The molecule has 2 rings (SSSR count). The van der Waals surface area contributed by atoms with E-state index in [0.29, 0.717) is 5.92 Å². The smallest absolute Gasteiger partial charge is 0.0150 e. The van der Waals surface area contributed by atoms with Gasteiger partial charge in [-0.25, -0.2) is 0 Å². The highest BCUT2D eigenvalue weighted by molar-refractivity contribution is 5.34. The summed E-state index contributed by atoms with van der Waals surface area (Å²) in [6.45, 7) is 6.71. The van der Waals surface area contributed by atoms with Crippen LogP contribution in [-0.4, -0.2) is 0 Å². The van der Waals surface area contributed by atoms with E-state index in [9.17, 15) is 0 Å². The van der Waals surface area contributed by atoms with E-state index in [2.05, 4.69) is 69.3 Å². The average molecular weight is 224 g/mol. The highest BCUT2D eigenvalue weighted by Crippen LogP contribution is 2.23. The number of rotatable bonds is 3. The van der Waals surface area contributed by atoms with Crippen molar-refractivity contribution in [1.29, 1.82) is 0 Å². The largest absolute Gasteiger partial charge is 0.0622 e. The van der Waals surface area contributed by atoms with E-state index in [4.69, 9.17) is 0 Å². The van der Waals surface area contributed by atoms with Crippen molar-refractivity contribution >= 4 is 0 Å². The standard InChI is InChI=1S/C17H20/c1-13-8-7-11-17(15(13)3)12-14(2)16-9-5-4-6-10-16/h4-11,14H,12H2,1-3H3. The first kappa shape index (κ1) is 11.9. The lowest BCUT2D eigenvalue weighted by molar-refractivity contribution is 0.754. The molecule has 0 saturated carbocycles. The van der Waals surface area contributed by atoms with Gasteiger partial charge in [0.05, 0.1) is 0 Å². The molecule has 0 radical (unpaired) electrons. The van der Waals surface area contributed by atoms with Crippen LogP contribution in [0.3, 0.4) is 0 Å². The Kier molecular flexibility index (Phi) is 3.63. The minimum absolute atomic E-state index is 0.580. The van der Waals surface area contributed by atoms with Gasteiger partial charge in [0.2, 0.25) is 0 Å². The van der Waals surface area contributed by atoms with Crippen molar-refractivity contribution in [2.24, 2.45) is 0 Å². The molecule has 0 amide bonds. The van der Waals surface area contributed by atoms with Crippen molar-refractivity contribution in [3.8, 4) is 0 Å². The summed E-state index contributed by atoms with van der Waals surface area (Å²) in [5.74, 6) is 0.580. The van der Waals surface area contributed by atoms with Crippen LogP contribution in [0.2, 0.25) is 0 Å². The topological polar surface area (TPSA) is 0 Å². The van der Waals surface area contributed by atoms with Gasteiger partial charge < -0.3 is 0 Å². The summed E-state index contributed by atoms with van der Waals surface area (Å²) in [4.78, 5) is 0. The molecular weight excluding hydrogens is 204 g/mol. The van der Waals surface area contributed by atoms with E-state index in [1.165, 1.54) is 22.3 Å². The van der Waals surface area contributed by atoms with Crippen molar-refractivity contribution < 1.29 is 0 Å². The van der Waals surface area contributed by atoms with Crippen LogP contribution >= 0.6 is 0 Å². The van der Waals surface area contributed by atoms with Crippen molar-refractivity contribution in [3.63, 3.8) is 0 Å². The van der Waals surface area contributed by atoms with Gasteiger partial charge in [0.15, 0.2) is 0 Å². The molecule has 0 bridgehead atoms.